The van der Waals surface area contributed by atoms with Crippen LogP contribution < -0.4 is 11.3 Å². The van der Waals surface area contributed by atoms with Crippen LogP contribution in [0.4, 0.5) is 5.82 Å². The molecule has 0 fully saturated rings. The monoisotopic (exact) mass is 260 g/mol. The van der Waals surface area contributed by atoms with Gasteiger partial charge in [-0.15, -0.1) is 11.3 Å². The number of thiophene rings is 1. The average Bonchev–Trinajstić information content (AvgIpc) is 2.99. The summed E-state index contributed by atoms with van der Waals surface area (Å²) in [6.45, 7) is 0. The molecule has 0 spiro atoms. The maximum atomic E-state index is 11.0. The van der Waals surface area contributed by atoms with Crippen LogP contribution in [0.2, 0.25) is 0 Å². The highest BCUT2D eigenvalue weighted by molar-refractivity contribution is 7.13. The van der Waals surface area contributed by atoms with Crippen molar-refractivity contribution in [2.75, 3.05) is 5.73 Å². The number of anilines is 1. The summed E-state index contributed by atoms with van der Waals surface area (Å²) in [6.07, 6.45) is 0. The van der Waals surface area contributed by atoms with E-state index in [0.717, 1.165) is 4.88 Å². The summed E-state index contributed by atoms with van der Waals surface area (Å²) in [4.78, 5) is 11.9. The molecule has 3 aromatic rings. The average molecular weight is 260 g/mol. The number of H-pyrrole nitrogens is 1. The number of nitrogen functional groups attached to an aromatic ring is 1. The van der Waals surface area contributed by atoms with Crippen molar-refractivity contribution in [2.45, 2.75) is 0 Å². The first-order chi connectivity index (χ1) is 8.75. The van der Waals surface area contributed by atoms with Gasteiger partial charge in [-0.25, -0.2) is 5.10 Å². The molecule has 0 saturated carbocycles. The molecule has 0 atom stereocenters. The van der Waals surface area contributed by atoms with Gasteiger partial charge in [0.1, 0.15) is 5.69 Å². The zero-order valence-corrected chi connectivity index (χ0v) is 9.90. The van der Waals surface area contributed by atoms with Gasteiger partial charge in [-0.3, -0.25) is 4.79 Å². The lowest BCUT2D eigenvalue weighted by atomic mass is 10.1. The van der Waals surface area contributed by atoms with Crippen molar-refractivity contribution in [1.29, 1.82) is 0 Å². The highest BCUT2D eigenvalue weighted by Gasteiger charge is 2.19. The Kier molecular flexibility index (Phi) is 2.45. The van der Waals surface area contributed by atoms with Gasteiger partial charge in [0.2, 0.25) is 0 Å². The number of aromatic amines is 1. The Hall–Kier alpha value is -2.41. The summed E-state index contributed by atoms with van der Waals surface area (Å²) >= 11 is 1.53. The minimum absolute atomic E-state index is 0.274. The molecule has 0 unspecified atom stereocenters. The third kappa shape index (κ3) is 1.70. The first-order valence-electron chi connectivity index (χ1n) is 5.11. The van der Waals surface area contributed by atoms with Crippen molar-refractivity contribution < 1.29 is 4.52 Å². The van der Waals surface area contributed by atoms with Crippen LogP contribution in [-0.4, -0.2) is 15.4 Å². The number of hydrogen-bond donors (Lipinski definition) is 2. The van der Waals surface area contributed by atoms with E-state index < -0.39 is 0 Å². The van der Waals surface area contributed by atoms with Crippen LogP contribution in [0.5, 0.6) is 0 Å². The predicted octanol–water partition coefficient (Wildman–Crippen LogP) is 1.74. The van der Waals surface area contributed by atoms with E-state index >= 15 is 0 Å². The molecule has 3 aromatic heterocycles. The predicted molar refractivity (Wildman–Crippen MR) is 68.1 cm³/mol. The largest absolute Gasteiger partial charge is 0.380 e. The molecule has 7 heteroatoms. The molecule has 0 aliphatic rings. The lowest BCUT2D eigenvalue weighted by Crippen LogP contribution is -2.05. The Morgan fingerprint density at radius 3 is 2.89 bits per heavy atom. The van der Waals surface area contributed by atoms with Crippen LogP contribution >= 0.6 is 11.3 Å². The van der Waals surface area contributed by atoms with Gasteiger partial charge in [0.25, 0.3) is 5.56 Å². The Morgan fingerprint density at radius 1 is 1.33 bits per heavy atom. The van der Waals surface area contributed by atoms with Gasteiger partial charge in [0, 0.05) is 10.9 Å². The normalized spacial score (nSPS) is 10.7. The lowest BCUT2D eigenvalue weighted by molar-refractivity contribution is 0.434. The van der Waals surface area contributed by atoms with Crippen molar-refractivity contribution in [3.8, 4) is 21.9 Å². The van der Waals surface area contributed by atoms with Crippen molar-refractivity contribution in [3.63, 3.8) is 0 Å². The SMILES string of the molecule is Nc1noc(-c2ccc(=O)[nH]n2)c1-c1cccs1. The van der Waals surface area contributed by atoms with Crippen LogP contribution in [0.15, 0.2) is 39.0 Å². The van der Waals surface area contributed by atoms with Crippen LogP contribution in [-0.2, 0) is 0 Å². The second-order valence-electron chi connectivity index (χ2n) is 3.56. The van der Waals surface area contributed by atoms with Crippen molar-refractivity contribution in [1.82, 2.24) is 15.4 Å². The summed E-state index contributed by atoms with van der Waals surface area (Å²) in [6, 6.07) is 6.77. The Balaban J connectivity index is 2.19. The van der Waals surface area contributed by atoms with Crippen LogP contribution in [0.1, 0.15) is 0 Å². The Labute approximate surface area is 105 Å². The number of nitrogens with zero attached hydrogens (tertiary/aromatic N) is 2. The molecular weight excluding hydrogens is 252 g/mol. The van der Waals surface area contributed by atoms with Gasteiger partial charge in [0.05, 0.1) is 5.56 Å². The molecule has 90 valence electrons. The number of nitrogens with two attached hydrogens (primary N) is 1. The van der Waals surface area contributed by atoms with Crippen molar-refractivity contribution >= 4 is 17.2 Å². The molecule has 3 N–H and O–H groups in total. The van der Waals surface area contributed by atoms with Crippen molar-refractivity contribution in [3.05, 3.63) is 40.0 Å². The fourth-order valence-corrected chi connectivity index (χ4v) is 2.38. The minimum Gasteiger partial charge on any atom is -0.380 e. The molecule has 0 aliphatic carbocycles. The number of nitrogens with one attached hydrogen (secondary N) is 1. The molecular formula is C11H8N4O2S. The molecule has 18 heavy (non-hydrogen) atoms. The molecule has 0 radical (unpaired) electrons. The van der Waals surface area contributed by atoms with Gasteiger partial charge in [-0.1, -0.05) is 11.2 Å². The Bertz CT molecular complexity index is 709. The zero-order valence-electron chi connectivity index (χ0n) is 9.08. The van der Waals surface area contributed by atoms with Crippen LogP contribution in [0.25, 0.3) is 21.9 Å². The van der Waals surface area contributed by atoms with Gasteiger partial charge < -0.3 is 10.3 Å². The highest BCUT2D eigenvalue weighted by Crippen LogP contribution is 2.37. The third-order valence-electron chi connectivity index (χ3n) is 2.40. The summed E-state index contributed by atoms with van der Waals surface area (Å²) < 4.78 is 5.19. The molecule has 6 nitrogen and oxygen atoms in total. The third-order valence-corrected chi connectivity index (χ3v) is 3.29. The van der Waals surface area contributed by atoms with Crippen molar-refractivity contribution in [2.24, 2.45) is 0 Å². The van der Waals surface area contributed by atoms with Gasteiger partial charge in [-0.2, -0.15) is 5.10 Å². The van der Waals surface area contributed by atoms with E-state index in [-0.39, 0.29) is 5.56 Å². The van der Waals surface area contributed by atoms with E-state index in [9.17, 15) is 4.79 Å². The maximum absolute atomic E-state index is 11.0. The van der Waals surface area contributed by atoms with E-state index in [0.29, 0.717) is 22.8 Å². The van der Waals surface area contributed by atoms with E-state index in [1.807, 2.05) is 17.5 Å². The number of rotatable bonds is 2. The van der Waals surface area contributed by atoms with Gasteiger partial charge in [0.15, 0.2) is 11.6 Å². The Morgan fingerprint density at radius 2 is 2.22 bits per heavy atom. The molecule has 0 aromatic carbocycles. The van der Waals surface area contributed by atoms with E-state index in [1.165, 1.54) is 17.4 Å². The minimum atomic E-state index is -0.274. The smallest absolute Gasteiger partial charge is 0.264 e. The fraction of sp³-hybridized carbons (Fsp3) is 0. The van der Waals surface area contributed by atoms with Gasteiger partial charge in [-0.05, 0) is 17.5 Å². The molecule has 0 saturated heterocycles. The molecule has 0 aliphatic heterocycles. The topological polar surface area (TPSA) is 97.8 Å². The van der Waals surface area contributed by atoms with Crippen LogP contribution in [0, 0.1) is 0 Å². The zero-order chi connectivity index (χ0) is 12.5. The summed E-state index contributed by atoms with van der Waals surface area (Å²) in [7, 11) is 0. The first kappa shape index (κ1) is 10.7. The van der Waals surface area contributed by atoms with Crippen LogP contribution in [0.3, 0.4) is 0 Å². The van der Waals surface area contributed by atoms with E-state index in [2.05, 4.69) is 15.4 Å². The fourth-order valence-electron chi connectivity index (χ4n) is 1.61. The lowest BCUT2D eigenvalue weighted by Gasteiger charge is -1.98. The quantitative estimate of drug-likeness (QED) is 0.731. The number of hydrogen-bond acceptors (Lipinski definition) is 6. The standard InChI is InChI=1S/C11H8N4O2S/c12-11-9(7-2-1-5-18-7)10(17-15-11)6-3-4-8(16)14-13-6/h1-5H,(H2,12,15)(H,14,16). The summed E-state index contributed by atoms with van der Waals surface area (Å²) in [5, 5.41) is 11.9. The van der Waals surface area contributed by atoms with E-state index in [4.69, 9.17) is 10.3 Å². The molecule has 3 rings (SSSR count). The molecule has 3 heterocycles. The van der Waals surface area contributed by atoms with Gasteiger partial charge >= 0.3 is 0 Å². The van der Waals surface area contributed by atoms with E-state index in [1.54, 1.807) is 6.07 Å². The maximum Gasteiger partial charge on any atom is 0.264 e. The molecule has 0 amide bonds. The second-order valence-corrected chi connectivity index (χ2v) is 4.50. The highest BCUT2D eigenvalue weighted by atomic mass is 32.1. The summed E-state index contributed by atoms with van der Waals surface area (Å²) in [5.41, 5.74) is 6.71. The first-order valence-corrected chi connectivity index (χ1v) is 5.99. The summed E-state index contributed by atoms with van der Waals surface area (Å²) in [5.74, 6) is 0.756. The second kappa shape index (κ2) is 4.11. The number of aromatic nitrogens is 3. The molecule has 0 bridgehead atoms.